The summed E-state index contributed by atoms with van der Waals surface area (Å²) in [7, 11) is 0. The summed E-state index contributed by atoms with van der Waals surface area (Å²) in [4.78, 5) is 15.5. The monoisotopic (exact) mass is 408 g/mol. The number of hydrogen-bond acceptors (Lipinski definition) is 6. The maximum absolute atomic E-state index is 11.2. The lowest BCUT2D eigenvalue weighted by Gasteiger charge is -2.10. The number of rotatable bonds is 3. The Kier molecular flexibility index (Phi) is 4.65. The Morgan fingerprint density at radius 3 is 2.65 bits per heavy atom. The average molecular weight is 408 g/mol. The summed E-state index contributed by atoms with van der Waals surface area (Å²) in [6, 6.07) is 14.2. The highest BCUT2D eigenvalue weighted by molar-refractivity contribution is 6.08. The molecule has 0 aliphatic heterocycles. The number of carboxylic acid groups (broad SMARTS) is 1. The van der Waals surface area contributed by atoms with Crippen LogP contribution in [-0.2, 0) is 0 Å². The van der Waals surface area contributed by atoms with Gasteiger partial charge in [-0.25, -0.2) is 9.78 Å². The van der Waals surface area contributed by atoms with Crippen molar-refractivity contribution in [3.05, 3.63) is 75.7 Å². The summed E-state index contributed by atoms with van der Waals surface area (Å²) < 4.78 is 5.93. The Bertz CT molecular complexity index is 1410. The zero-order chi connectivity index (χ0) is 22.3. The van der Waals surface area contributed by atoms with Crippen LogP contribution >= 0.6 is 0 Å². The van der Waals surface area contributed by atoms with Crippen LogP contribution in [0.5, 0.6) is 0 Å². The fourth-order valence-corrected chi connectivity index (χ4v) is 3.73. The molecule has 0 spiro atoms. The number of benzene rings is 1. The van der Waals surface area contributed by atoms with Crippen molar-refractivity contribution < 1.29 is 14.3 Å². The summed E-state index contributed by atoms with van der Waals surface area (Å²) in [6.45, 7) is 3.59. The van der Waals surface area contributed by atoms with E-state index in [1.807, 2.05) is 6.92 Å². The Labute approximate surface area is 178 Å². The second kappa shape index (κ2) is 7.33. The third-order valence-electron chi connectivity index (χ3n) is 5.29. The van der Waals surface area contributed by atoms with Crippen molar-refractivity contribution in [2.45, 2.75) is 13.8 Å². The number of nitrogen functional groups attached to an aromatic ring is 1. The van der Waals surface area contributed by atoms with Crippen molar-refractivity contribution >= 4 is 29.0 Å². The van der Waals surface area contributed by atoms with Crippen LogP contribution in [0.1, 0.15) is 45.4 Å². The Morgan fingerprint density at radius 1 is 1.19 bits per heavy atom. The standard InChI is InChI=1S/C24H16N4O3/c1-12-17(21-13(2)19(11-26)23(27)28-22(21)18(12)10-25)9-16-6-7-20(31-16)14-4-3-5-15(8-14)24(29)30/h3-9H,1-2H3,(H2,27,28)(H,29,30)/b17-9+. The van der Waals surface area contributed by atoms with Gasteiger partial charge in [0.05, 0.1) is 22.4 Å². The summed E-state index contributed by atoms with van der Waals surface area (Å²) in [5.41, 5.74) is 10.7. The number of aromatic carboxylic acids is 1. The van der Waals surface area contributed by atoms with Crippen LogP contribution in [0.3, 0.4) is 0 Å². The minimum Gasteiger partial charge on any atom is -0.478 e. The van der Waals surface area contributed by atoms with Crippen LogP contribution in [0.2, 0.25) is 0 Å². The molecular weight excluding hydrogens is 392 g/mol. The molecule has 31 heavy (non-hydrogen) atoms. The second-order valence-corrected chi connectivity index (χ2v) is 7.09. The SMILES string of the molecule is CC1=C(C#N)c2nc(N)c(C#N)c(C)c2/C1=C/c1ccc(-c2cccc(C(=O)O)c2)o1. The number of allylic oxidation sites excluding steroid dienone is 3. The van der Waals surface area contributed by atoms with Crippen LogP contribution in [0.4, 0.5) is 5.82 Å². The minimum atomic E-state index is -1.02. The quantitative estimate of drug-likeness (QED) is 0.643. The molecular formula is C24H16N4O3. The molecule has 0 unspecified atom stereocenters. The number of pyridine rings is 1. The van der Waals surface area contributed by atoms with E-state index in [0.29, 0.717) is 45.1 Å². The molecule has 0 atom stereocenters. The number of aromatic nitrogens is 1. The molecule has 3 aromatic rings. The highest BCUT2D eigenvalue weighted by Gasteiger charge is 2.29. The van der Waals surface area contributed by atoms with Crippen LogP contribution in [0, 0.1) is 29.6 Å². The summed E-state index contributed by atoms with van der Waals surface area (Å²) in [6.07, 6.45) is 1.79. The largest absolute Gasteiger partial charge is 0.478 e. The molecule has 0 bridgehead atoms. The fraction of sp³-hybridized carbons (Fsp3) is 0.0833. The van der Waals surface area contributed by atoms with Crippen LogP contribution < -0.4 is 5.73 Å². The van der Waals surface area contributed by atoms with Crippen LogP contribution in [0.15, 0.2) is 46.4 Å². The Morgan fingerprint density at radius 2 is 1.97 bits per heavy atom. The number of anilines is 1. The van der Waals surface area contributed by atoms with Crippen molar-refractivity contribution in [3.63, 3.8) is 0 Å². The highest BCUT2D eigenvalue weighted by atomic mass is 16.4. The van der Waals surface area contributed by atoms with Crippen molar-refractivity contribution in [1.82, 2.24) is 4.98 Å². The molecule has 1 aliphatic rings. The first-order chi connectivity index (χ1) is 14.8. The van der Waals surface area contributed by atoms with Gasteiger partial charge in [0.25, 0.3) is 0 Å². The third-order valence-corrected chi connectivity index (χ3v) is 5.29. The molecule has 2 aromatic heterocycles. The average Bonchev–Trinajstić information content (AvgIpc) is 3.31. The topological polar surface area (TPSA) is 137 Å². The molecule has 0 fully saturated rings. The van der Waals surface area contributed by atoms with Crippen molar-refractivity contribution in [2.24, 2.45) is 0 Å². The molecule has 1 aromatic carbocycles. The zero-order valence-electron chi connectivity index (χ0n) is 16.7. The number of fused-ring (bicyclic) bond motifs is 1. The van der Waals surface area contributed by atoms with E-state index in [9.17, 15) is 20.4 Å². The van der Waals surface area contributed by atoms with Crippen molar-refractivity contribution in [2.75, 3.05) is 5.73 Å². The molecule has 0 radical (unpaired) electrons. The number of nitrogens with two attached hydrogens (primary N) is 1. The van der Waals surface area contributed by atoms with Gasteiger partial charge in [-0.3, -0.25) is 0 Å². The van der Waals surface area contributed by atoms with E-state index < -0.39 is 5.97 Å². The van der Waals surface area contributed by atoms with E-state index in [2.05, 4.69) is 17.1 Å². The van der Waals surface area contributed by atoms with E-state index in [1.165, 1.54) is 12.1 Å². The number of hydrogen-bond donors (Lipinski definition) is 2. The molecule has 4 rings (SSSR count). The van der Waals surface area contributed by atoms with Gasteiger partial charge in [0.15, 0.2) is 0 Å². The van der Waals surface area contributed by atoms with E-state index in [4.69, 9.17) is 10.2 Å². The molecule has 7 nitrogen and oxygen atoms in total. The maximum Gasteiger partial charge on any atom is 0.335 e. The van der Waals surface area contributed by atoms with Gasteiger partial charge >= 0.3 is 5.97 Å². The summed E-state index contributed by atoms with van der Waals surface area (Å²) in [5.74, 6) is 0.114. The maximum atomic E-state index is 11.2. The van der Waals surface area contributed by atoms with Crippen LogP contribution in [-0.4, -0.2) is 16.1 Å². The number of furan rings is 1. The molecule has 150 valence electrons. The van der Waals surface area contributed by atoms with Crippen molar-refractivity contribution in [1.29, 1.82) is 10.5 Å². The van der Waals surface area contributed by atoms with E-state index in [-0.39, 0.29) is 16.9 Å². The van der Waals surface area contributed by atoms with Crippen LogP contribution in [0.25, 0.3) is 28.5 Å². The Hall–Kier alpha value is -4.62. The van der Waals surface area contributed by atoms with E-state index >= 15 is 0 Å². The normalized spacial score (nSPS) is 13.7. The Balaban J connectivity index is 1.84. The smallest absolute Gasteiger partial charge is 0.335 e. The molecule has 0 amide bonds. The number of carbonyl (C=O) groups is 1. The van der Waals surface area contributed by atoms with Gasteiger partial charge in [0, 0.05) is 11.1 Å². The van der Waals surface area contributed by atoms with Gasteiger partial charge in [-0.05, 0) is 60.9 Å². The van der Waals surface area contributed by atoms with Gasteiger partial charge < -0.3 is 15.3 Å². The third kappa shape index (κ3) is 3.15. The minimum absolute atomic E-state index is 0.0964. The number of nitrogens with zero attached hydrogens (tertiary/aromatic N) is 3. The zero-order valence-corrected chi connectivity index (χ0v) is 16.7. The highest BCUT2D eigenvalue weighted by Crippen LogP contribution is 2.44. The van der Waals surface area contributed by atoms with Gasteiger partial charge in [-0.1, -0.05) is 12.1 Å². The van der Waals surface area contributed by atoms with E-state index in [0.717, 1.165) is 5.57 Å². The van der Waals surface area contributed by atoms with Gasteiger partial charge in [-0.2, -0.15) is 10.5 Å². The molecule has 2 heterocycles. The number of nitriles is 2. The molecule has 0 saturated carbocycles. The predicted molar refractivity (Wildman–Crippen MR) is 115 cm³/mol. The first-order valence-corrected chi connectivity index (χ1v) is 9.33. The molecule has 1 aliphatic carbocycles. The van der Waals surface area contributed by atoms with Gasteiger partial charge in [-0.15, -0.1) is 0 Å². The molecule has 0 saturated heterocycles. The lowest BCUT2D eigenvalue weighted by molar-refractivity contribution is 0.0697. The van der Waals surface area contributed by atoms with Gasteiger partial charge in [0.1, 0.15) is 29.5 Å². The lowest BCUT2D eigenvalue weighted by atomic mass is 9.96. The lowest BCUT2D eigenvalue weighted by Crippen LogP contribution is -2.03. The molecule has 7 heteroatoms. The first kappa shape index (κ1) is 19.7. The summed E-state index contributed by atoms with van der Waals surface area (Å²) in [5, 5.41) is 28.3. The second-order valence-electron chi connectivity index (χ2n) is 7.09. The fourth-order valence-electron chi connectivity index (χ4n) is 3.73. The van der Waals surface area contributed by atoms with Crippen molar-refractivity contribution in [3.8, 4) is 23.5 Å². The first-order valence-electron chi connectivity index (χ1n) is 9.33. The summed E-state index contributed by atoms with van der Waals surface area (Å²) >= 11 is 0. The predicted octanol–water partition coefficient (Wildman–Crippen LogP) is 4.65. The van der Waals surface area contributed by atoms with Gasteiger partial charge in [0.2, 0.25) is 0 Å². The molecule has 3 N–H and O–H groups in total. The van der Waals surface area contributed by atoms with E-state index in [1.54, 1.807) is 37.3 Å². The number of carboxylic acids is 1.